The number of hydrogen-bond donors (Lipinski definition) is 1. The minimum absolute atomic E-state index is 0. The van der Waals surface area contributed by atoms with Gasteiger partial charge < -0.3 is 10.5 Å². The van der Waals surface area contributed by atoms with E-state index in [0.717, 1.165) is 6.07 Å². The van der Waals surface area contributed by atoms with Crippen molar-refractivity contribution in [1.82, 2.24) is 0 Å². The molecule has 0 aliphatic heterocycles. The number of esters is 1. The van der Waals surface area contributed by atoms with Crippen LogP contribution in [0.15, 0.2) is 18.2 Å². The highest BCUT2D eigenvalue weighted by Gasteiger charge is 2.48. The smallest absolute Gasteiger partial charge is 0.379 e. The van der Waals surface area contributed by atoms with Crippen LogP contribution in [0.2, 0.25) is 0 Å². The summed E-state index contributed by atoms with van der Waals surface area (Å²) in [6.07, 6.45) is 0. The third kappa shape index (κ3) is 3.81. The lowest BCUT2D eigenvalue weighted by atomic mass is 10.0. The number of halogens is 5. The van der Waals surface area contributed by atoms with E-state index in [4.69, 9.17) is 5.73 Å². The molecule has 108 valence electrons. The van der Waals surface area contributed by atoms with Crippen molar-refractivity contribution in [3.8, 4) is 0 Å². The van der Waals surface area contributed by atoms with Gasteiger partial charge in [-0.15, -0.1) is 12.4 Å². The van der Waals surface area contributed by atoms with Crippen LogP contribution in [0.25, 0.3) is 0 Å². The number of nitrogens with two attached hydrogens (primary N) is 1. The van der Waals surface area contributed by atoms with Gasteiger partial charge in [0.05, 0.1) is 6.61 Å². The van der Waals surface area contributed by atoms with Gasteiger partial charge in [0.15, 0.2) is 0 Å². The fourth-order valence-electron chi connectivity index (χ4n) is 1.30. The molecule has 0 aliphatic rings. The van der Waals surface area contributed by atoms with Crippen molar-refractivity contribution in [2.75, 3.05) is 6.61 Å². The van der Waals surface area contributed by atoms with Gasteiger partial charge in [0.25, 0.3) is 0 Å². The first-order valence-corrected chi connectivity index (χ1v) is 5.06. The van der Waals surface area contributed by atoms with Gasteiger partial charge in [0.1, 0.15) is 17.7 Å². The number of carbonyl (C=O) groups excluding carboxylic acids is 1. The van der Waals surface area contributed by atoms with E-state index in [0.29, 0.717) is 12.1 Å². The van der Waals surface area contributed by atoms with Crippen LogP contribution in [0.1, 0.15) is 18.5 Å². The third-order valence-corrected chi connectivity index (χ3v) is 2.23. The standard InChI is InChI=1S/C11H11F4NO2.ClH/c1-2-18-10(17)11(14,15)9(16)7-5-6(12)3-4-8(7)13;/h3-5,9H,2,16H2,1H3;1H/t9-;/m0./s1. The summed E-state index contributed by atoms with van der Waals surface area (Å²) in [6.45, 7) is 1.06. The molecule has 1 aromatic carbocycles. The first-order valence-electron chi connectivity index (χ1n) is 5.06. The summed E-state index contributed by atoms with van der Waals surface area (Å²) in [7, 11) is 0. The number of rotatable bonds is 4. The highest BCUT2D eigenvalue weighted by Crippen LogP contribution is 2.32. The Morgan fingerprint density at radius 1 is 1.42 bits per heavy atom. The van der Waals surface area contributed by atoms with Crippen LogP contribution in [0.3, 0.4) is 0 Å². The second-order valence-corrected chi connectivity index (χ2v) is 3.49. The zero-order valence-corrected chi connectivity index (χ0v) is 10.6. The second kappa shape index (κ2) is 6.72. The van der Waals surface area contributed by atoms with E-state index in [1.54, 1.807) is 0 Å². The largest absolute Gasteiger partial charge is 0.462 e. The summed E-state index contributed by atoms with van der Waals surface area (Å²) in [5, 5.41) is 0. The van der Waals surface area contributed by atoms with Crippen LogP contribution >= 0.6 is 12.4 Å². The highest BCUT2D eigenvalue weighted by atomic mass is 35.5. The Balaban J connectivity index is 0.00000324. The molecule has 0 bridgehead atoms. The summed E-state index contributed by atoms with van der Waals surface area (Å²) in [5.41, 5.74) is 4.33. The number of ether oxygens (including phenoxy) is 1. The molecule has 0 saturated heterocycles. The molecular formula is C11H12ClF4NO2. The predicted molar refractivity (Wildman–Crippen MR) is 62.1 cm³/mol. The van der Waals surface area contributed by atoms with E-state index < -0.39 is 35.1 Å². The summed E-state index contributed by atoms with van der Waals surface area (Å²) >= 11 is 0. The molecule has 0 aromatic heterocycles. The minimum atomic E-state index is -4.13. The highest BCUT2D eigenvalue weighted by molar-refractivity contribution is 5.85. The van der Waals surface area contributed by atoms with Crippen LogP contribution in [-0.2, 0) is 9.53 Å². The zero-order valence-electron chi connectivity index (χ0n) is 9.83. The number of benzene rings is 1. The van der Waals surface area contributed by atoms with E-state index in [1.165, 1.54) is 6.92 Å². The molecule has 0 fully saturated rings. The molecule has 0 heterocycles. The van der Waals surface area contributed by atoms with Gasteiger partial charge in [-0.1, -0.05) is 0 Å². The van der Waals surface area contributed by atoms with Crippen molar-refractivity contribution in [2.24, 2.45) is 5.73 Å². The average molecular weight is 302 g/mol. The molecule has 0 amide bonds. The zero-order chi connectivity index (χ0) is 13.9. The first kappa shape index (κ1) is 17.7. The van der Waals surface area contributed by atoms with Gasteiger partial charge in [-0.3, -0.25) is 0 Å². The molecular weight excluding hydrogens is 290 g/mol. The van der Waals surface area contributed by atoms with Gasteiger partial charge in [-0.2, -0.15) is 8.78 Å². The van der Waals surface area contributed by atoms with Gasteiger partial charge in [-0.05, 0) is 25.1 Å². The molecule has 2 N–H and O–H groups in total. The van der Waals surface area contributed by atoms with E-state index in [9.17, 15) is 22.4 Å². The number of hydrogen-bond acceptors (Lipinski definition) is 3. The van der Waals surface area contributed by atoms with E-state index in [2.05, 4.69) is 4.74 Å². The Kier molecular flexibility index (Phi) is 6.24. The summed E-state index contributed by atoms with van der Waals surface area (Å²) in [5.74, 6) is -8.06. The fraction of sp³-hybridized carbons (Fsp3) is 0.364. The molecule has 1 aromatic rings. The first-order chi connectivity index (χ1) is 8.30. The Morgan fingerprint density at radius 2 is 2.00 bits per heavy atom. The molecule has 8 heteroatoms. The van der Waals surface area contributed by atoms with Gasteiger partial charge in [0, 0.05) is 5.56 Å². The lowest BCUT2D eigenvalue weighted by Gasteiger charge is -2.22. The van der Waals surface area contributed by atoms with Crippen molar-refractivity contribution in [3.63, 3.8) is 0 Å². The fourth-order valence-corrected chi connectivity index (χ4v) is 1.30. The Morgan fingerprint density at radius 3 is 2.53 bits per heavy atom. The van der Waals surface area contributed by atoms with E-state index in [1.807, 2.05) is 0 Å². The topological polar surface area (TPSA) is 52.3 Å². The van der Waals surface area contributed by atoms with E-state index >= 15 is 0 Å². The van der Waals surface area contributed by atoms with Crippen molar-refractivity contribution < 1.29 is 27.1 Å². The molecule has 0 unspecified atom stereocenters. The van der Waals surface area contributed by atoms with Gasteiger partial charge in [0.2, 0.25) is 0 Å². The quantitative estimate of drug-likeness (QED) is 0.687. The molecule has 1 atom stereocenters. The second-order valence-electron chi connectivity index (χ2n) is 3.49. The lowest BCUT2D eigenvalue weighted by Crippen LogP contribution is -2.42. The van der Waals surface area contributed by atoms with Crippen molar-refractivity contribution >= 4 is 18.4 Å². The lowest BCUT2D eigenvalue weighted by molar-refractivity contribution is -0.174. The maximum Gasteiger partial charge on any atom is 0.379 e. The van der Waals surface area contributed by atoms with E-state index in [-0.39, 0.29) is 19.0 Å². The molecule has 1 rings (SSSR count). The Hall–Kier alpha value is -1.34. The summed E-state index contributed by atoms with van der Waals surface area (Å²) in [6, 6.07) is -0.375. The SMILES string of the molecule is CCOC(=O)C(F)(F)[C@@H](N)c1cc(F)ccc1F.Cl. The van der Waals surface area contributed by atoms with Crippen molar-refractivity contribution in [1.29, 1.82) is 0 Å². The summed E-state index contributed by atoms with van der Waals surface area (Å²) < 4.78 is 57.3. The van der Waals surface area contributed by atoms with Crippen molar-refractivity contribution in [2.45, 2.75) is 18.9 Å². The van der Waals surface area contributed by atoms with Crippen LogP contribution in [0, 0.1) is 11.6 Å². The predicted octanol–water partition coefficient (Wildman–Crippen LogP) is 2.58. The molecule has 0 saturated carbocycles. The number of carbonyl (C=O) groups is 1. The van der Waals surface area contributed by atoms with Gasteiger partial charge in [-0.25, -0.2) is 13.6 Å². The molecule has 3 nitrogen and oxygen atoms in total. The molecule has 0 radical (unpaired) electrons. The van der Waals surface area contributed by atoms with Crippen LogP contribution < -0.4 is 5.73 Å². The summed E-state index contributed by atoms with van der Waals surface area (Å²) in [4.78, 5) is 11.0. The Labute approximate surface area is 113 Å². The minimum Gasteiger partial charge on any atom is -0.462 e. The third-order valence-electron chi connectivity index (χ3n) is 2.23. The maximum absolute atomic E-state index is 13.5. The number of alkyl halides is 2. The van der Waals surface area contributed by atoms with Crippen LogP contribution in [0.5, 0.6) is 0 Å². The average Bonchev–Trinajstić information content (AvgIpc) is 2.31. The van der Waals surface area contributed by atoms with Crippen LogP contribution in [-0.4, -0.2) is 18.5 Å². The molecule has 19 heavy (non-hydrogen) atoms. The monoisotopic (exact) mass is 301 g/mol. The maximum atomic E-state index is 13.5. The van der Waals surface area contributed by atoms with Crippen LogP contribution in [0.4, 0.5) is 17.6 Å². The molecule has 0 spiro atoms. The molecule has 0 aliphatic carbocycles. The normalized spacial score (nSPS) is 12.5. The Bertz CT molecular complexity index is 456. The van der Waals surface area contributed by atoms with Gasteiger partial charge >= 0.3 is 11.9 Å². The van der Waals surface area contributed by atoms with Crippen molar-refractivity contribution in [3.05, 3.63) is 35.4 Å².